The van der Waals surface area contributed by atoms with Crippen LogP contribution in [0.5, 0.6) is 5.75 Å². The fourth-order valence-electron chi connectivity index (χ4n) is 1.74. The topological polar surface area (TPSA) is 9.23 Å². The van der Waals surface area contributed by atoms with Gasteiger partial charge in [-0.1, -0.05) is 41.9 Å². The van der Waals surface area contributed by atoms with Crippen molar-refractivity contribution in [2.45, 2.75) is 13.8 Å². The average molecular weight is 246 g/mol. The van der Waals surface area contributed by atoms with Gasteiger partial charge in [0, 0.05) is 22.2 Å². The lowest BCUT2D eigenvalue weighted by atomic mass is 10.0. The van der Waals surface area contributed by atoms with Gasteiger partial charge < -0.3 is 4.74 Å². The molecule has 87 valence electrons. The summed E-state index contributed by atoms with van der Waals surface area (Å²) in [6.07, 6.45) is 0. The fraction of sp³-hybridized carbons (Fsp3) is 0.200. The van der Waals surface area contributed by atoms with Crippen LogP contribution in [0.25, 0.3) is 11.1 Å². The van der Waals surface area contributed by atoms with Crippen molar-refractivity contribution in [3.63, 3.8) is 0 Å². The molecule has 0 saturated carbocycles. The molecule has 0 heterocycles. The van der Waals surface area contributed by atoms with Crippen molar-refractivity contribution in [2.75, 3.05) is 6.61 Å². The summed E-state index contributed by atoms with van der Waals surface area (Å²) < 4.78 is 5.56. The molecule has 0 bridgehead atoms. The second-order valence-corrected chi connectivity index (χ2v) is 4.24. The summed E-state index contributed by atoms with van der Waals surface area (Å²) in [5, 5.41) is 0.741. The molecule has 2 rings (SSSR count). The van der Waals surface area contributed by atoms with Crippen molar-refractivity contribution < 1.29 is 4.74 Å². The Morgan fingerprint density at radius 1 is 1.24 bits per heavy atom. The highest BCUT2D eigenvalue weighted by Crippen LogP contribution is 2.34. The summed E-state index contributed by atoms with van der Waals surface area (Å²) in [5.41, 5.74) is 3.12. The van der Waals surface area contributed by atoms with Gasteiger partial charge in [0.05, 0.1) is 6.61 Å². The van der Waals surface area contributed by atoms with E-state index in [1.54, 1.807) is 0 Å². The number of para-hydroxylation sites is 1. The van der Waals surface area contributed by atoms with E-state index in [1.807, 2.05) is 50.2 Å². The average Bonchev–Trinajstić information content (AvgIpc) is 2.31. The minimum Gasteiger partial charge on any atom is -0.493 e. The van der Waals surface area contributed by atoms with E-state index in [0.717, 1.165) is 27.5 Å². The number of halogens is 1. The Balaban J connectivity index is 2.52. The van der Waals surface area contributed by atoms with Gasteiger partial charge >= 0.3 is 0 Å². The SMILES string of the molecule is CCOc1[c]cccc1-c1ccc(C)cc1Cl. The predicted molar refractivity (Wildman–Crippen MR) is 71.6 cm³/mol. The number of hydrogen-bond donors (Lipinski definition) is 0. The molecule has 0 atom stereocenters. The highest BCUT2D eigenvalue weighted by atomic mass is 35.5. The van der Waals surface area contributed by atoms with Crippen LogP contribution >= 0.6 is 11.6 Å². The van der Waals surface area contributed by atoms with Crippen LogP contribution in [0.15, 0.2) is 36.4 Å². The number of aryl methyl sites for hydroxylation is 1. The van der Waals surface area contributed by atoms with Gasteiger partial charge in [-0.25, -0.2) is 0 Å². The Hall–Kier alpha value is -1.47. The zero-order valence-electron chi connectivity index (χ0n) is 9.96. The molecule has 2 heteroatoms. The number of hydrogen-bond acceptors (Lipinski definition) is 1. The highest BCUT2D eigenvalue weighted by molar-refractivity contribution is 6.33. The van der Waals surface area contributed by atoms with Gasteiger partial charge in [0.25, 0.3) is 0 Å². The Bertz CT molecular complexity index is 520. The lowest BCUT2D eigenvalue weighted by molar-refractivity contribution is 0.341. The maximum absolute atomic E-state index is 6.27. The van der Waals surface area contributed by atoms with Gasteiger partial charge in [0.2, 0.25) is 0 Å². The van der Waals surface area contributed by atoms with Gasteiger partial charge in [0.1, 0.15) is 5.75 Å². The first-order chi connectivity index (χ1) is 8.22. The molecule has 0 N–H and O–H groups in total. The van der Waals surface area contributed by atoms with Crippen LogP contribution in [0, 0.1) is 13.0 Å². The Morgan fingerprint density at radius 3 is 2.76 bits per heavy atom. The first-order valence-corrected chi connectivity index (χ1v) is 6.00. The second kappa shape index (κ2) is 5.24. The molecule has 0 spiro atoms. The summed E-state index contributed by atoms with van der Waals surface area (Å²) in [6, 6.07) is 14.9. The molecule has 0 aliphatic carbocycles. The molecule has 17 heavy (non-hydrogen) atoms. The first kappa shape index (κ1) is 12.0. The van der Waals surface area contributed by atoms with Crippen LogP contribution < -0.4 is 4.74 Å². The molecule has 1 radical (unpaired) electrons. The Morgan fingerprint density at radius 2 is 2.06 bits per heavy atom. The molecule has 0 saturated heterocycles. The third-order valence-electron chi connectivity index (χ3n) is 2.52. The number of benzene rings is 2. The normalized spacial score (nSPS) is 10.3. The zero-order chi connectivity index (χ0) is 12.3. The quantitative estimate of drug-likeness (QED) is 0.773. The molecule has 0 amide bonds. The van der Waals surface area contributed by atoms with E-state index in [1.165, 1.54) is 0 Å². The lowest BCUT2D eigenvalue weighted by Crippen LogP contribution is -1.94. The van der Waals surface area contributed by atoms with Crippen LogP contribution in [-0.4, -0.2) is 6.61 Å². The minimum atomic E-state index is 0.622. The summed E-state index contributed by atoms with van der Waals surface area (Å²) >= 11 is 6.27. The smallest absolute Gasteiger partial charge is 0.135 e. The van der Waals surface area contributed by atoms with Gasteiger partial charge in [-0.15, -0.1) is 0 Å². The minimum absolute atomic E-state index is 0.622. The first-order valence-electron chi connectivity index (χ1n) is 5.62. The molecule has 0 aromatic heterocycles. The largest absolute Gasteiger partial charge is 0.493 e. The van der Waals surface area contributed by atoms with Crippen molar-refractivity contribution in [3.8, 4) is 16.9 Å². The molecular formula is C15H14ClO. The molecule has 2 aromatic rings. The third kappa shape index (κ3) is 2.62. The van der Waals surface area contributed by atoms with E-state index >= 15 is 0 Å². The Labute approximate surface area is 107 Å². The van der Waals surface area contributed by atoms with E-state index in [0.29, 0.717) is 6.61 Å². The van der Waals surface area contributed by atoms with E-state index in [9.17, 15) is 0 Å². The summed E-state index contributed by atoms with van der Waals surface area (Å²) in [7, 11) is 0. The van der Waals surface area contributed by atoms with Crippen molar-refractivity contribution in [2.24, 2.45) is 0 Å². The van der Waals surface area contributed by atoms with Gasteiger partial charge in [0.15, 0.2) is 0 Å². The van der Waals surface area contributed by atoms with Crippen LogP contribution in [-0.2, 0) is 0 Å². The lowest BCUT2D eigenvalue weighted by Gasteiger charge is -2.11. The molecule has 0 aliphatic heterocycles. The molecule has 1 nitrogen and oxygen atoms in total. The van der Waals surface area contributed by atoms with Crippen LogP contribution in [0.3, 0.4) is 0 Å². The standard InChI is InChI=1S/C15H14ClO/c1-3-17-15-7-5-4-6-13(15)12-9-8-11(2)10-14(12)16/h4-6,8-10H,3H2,1-2H3. The summed E-state index contributed by atoms with van der Waals surface area (Å²) in [4.78, 5) is 0. The molecule has 2 aromatic carbocycles. The van der Waals surface area contributed by atoms with Crippen LogP contribution in [0.1, 0.15) is 12.5 Å². The predicted octanol–water partition coefficient (Wildman–Crippen LogP) is 4.51. The maximum atomic E-state index is 6.27. The van der Waals surface area contributed by atoms with Gasteiger partial charge in [-0.3, -0.25) is 0 Å². The monoisotopic (exact) mass is 245 g/mol. The fourth-order valence-corrected chi connectivity index (χ4v) is 2.07. The highest BCUT2D eigenvalue weighted by Gasteiger charge is 2.09. The molecule has 0 fully saturated rings. The van der Waals surface area contributed by atoms with Gasteiger partial charge in [-0.2, -0.15) is 0 Å². The molecule has 0 aliphatic rings. The van der Waals surface area contributed by atoms with E-state index in [4.69, 9.17) is 16.3 Å². The van der Waals surface area contributed by atoms with Gasteiger partial charge in [-0.05, 0) is 25.5 Å². The van der Waals surface area contributed by atoms with E-state index < -0.39 is 0 Å². The number of rotatable bonds is 3. The van der Waals surface area contributed by atoms with Crippen LogP contribution in [0.2, 0.25) is 5.02 Å². The third-order valence-corrected chi connectivity index (χ3v) is 2.83. The molecular weight excluding hydrogens is 232 g/mol. The molecule has 0 unspecified atom stereocenters. The van der Waals surface area contributed by atoms with Crippen LogP contribution in [0.4, 0.5) is 0 Å². The van der Waals surface area contributed by atoms with Crippen molar-refractivity contribution in [3.05, 3.63) is 53.1 Å². The maximum Gasteiger partial charge on any atom is 0.135 e. The summed E-state index contributed by atoms with van der Waals surface area (Å²) in [6.45, 7) is 4.61. The van der Waals surface area contributed by atoms with Crippen molar-refractivity contribution in [1.29, 1.82) is 0 Å². The van der Waals surface area contributed by atoms with Crippen molar-refractivity contribution >= 4 is 11.6 Å². The summed E-state index contributed by atoms with van der Waals surface area (Å²) in [5.74, 6) is 0.751. The van der Waals surface area contributed by atoms with E-state index in [-0.39, 0.29) is 0 Å². The number of ether oxygens (including phenoxy) is 1. The van der Waals surface area contributed by atoms with E-state index in [2.05, 4.69) is 6.07 Å². The van der Waals surface area contributed by atoms with Crippen molar-refractivity contribution in [1.82, 2.24) is 0 Å². The zero-order valence-corrected chi connectivity index (χ0v) is 10.7. The Kier molecular flexibility index (Phi) is 3.70. The second-order valence-electron chi connectivity index (χ2n) is 3.83.